The van der Waals surface area contributed by atoms with E-state index >= 15 is 0 Å². The Bertz CT molecular complexity index is 334. The van der Waals surface area contributed by atoms with Gasteiger partial charge in [-0.25, -0.2) is 0 Å². The smallest absolute Gasteiger partial charge is 0.376 e. The number of hydrogen-bond acceptors (Lipinski definition) is 6. The third-order valence-corrected chi connectivity index (χ3v) is 1.04. The van der Waals surface area contributed by atoms with E-state index in [0.717, 1.165) is 12.8 Å². The summed E-state index contributed by atoms with van der Waals surface area (Å²) in [5, 5.41) is 8.93. The van der Waals surface area contributed by atoms with Crippen LogP contribution >= 0.6 is 0 Å². The van der Waals surface area contributed by atoms with E-state index in [9.17, 15) is 0 Å². The molecule has 1 atom stereocenters. The van der Waals surface area contributed by atoms with Gasteiger partial charge >= 0.3 is 20.8 Å². The highest BCUT2D eigenvalue weighted by atomic mass is 32.3. The fourth-order valence-electron chi connectivity index (χ4n) is 0.535. The van der Waals surface area contributed by atoms with E-state index in [1.807, 2.05) is 0 Å². The first kappa shape index (κ1) is 22.8. The van der Waals surface area contributed by atoms with Gasteiger partial charge in [0.25, 0.3) is 0 Å². The summed E-state index contributed by atoms with van der Waals surface area (Å²) in [6.07, 6.45) is 2.79. The van der Waals surface area contributed by atoms with Crippen LogP contribution in [0.1, 0.15) is 33.1 Å². The Morgan fingerprint density at radius 1 is 1.00 bits per heavy atom. The van der Waals surface area contributed by atoms with E-state index in [1.165, 1.54) is 0 Å². The molecule has 0 bridgehead atoms. The second kappa shape index (κ2) is 9.57. The van der Waals surface area contributed by atoms with Gasteiger partial charge in [0.1, 0.15) is 5.72 Å². The Labute approximate surface area is 106 Å². The fraction of sp³-hybridized carbons (Fsp3) is 1.00. The molecule has 0 aromatic heterocycles. The zero-order chi connectivity index (χ0) is 15.6. The molecule has 0 rings (SSSR count). The van der Waals surface area contributed by atoms with E-state index in [-0.39, 0.29) is 0 Å². The molecule has 0 aliphatic carbocycles. The number of nitrogens with two attached hydrogens (primary N) is 1. The maximum absolute atomic E-state index is 8.93. The van der Waals surface area contributed by atoms with Crippen LogP contribution in [-0.2, 0) is 20.8 Å². The summed E-state index contributed by atoms with van der Waals surface area (Å²) in [5.41, 5.74) is 4.33. The first-order valence-electron chi connectivity index (χ1n) is 4.47. The topological polar surface area (TPSA) is 195 Å². The molecule has 0 aromatic rings. The number of hydrogen-bond donors (Lipinski definition) is 6. The van der Waals surface area contributed by atoms with Gasteiger partial charge in [-0.05, 0) is 19.8 Å². The van der Waals surface area contributed by atoms with Crippen molar-refractivity contribution < 1.29 is 40.2 Å². The molecule has 0 fully saturated rings. The lowest BCUT2D eigenvalue weighted by Crippen LogP contribution is -2.35. The summed E-state index contributed by atoms with van der Waals surface area (Å²) in [7, 11) is -9.33. The predicted octanol–water partition coefficient (Wildman–Crippen LogP) is -0.462. The monoisotopic (exact) mass is 313 g/mol. The predicted molar refractivity (Wildman–Crippen MR) is 62.7 cm³/mol. The van der Waals surface area contributed by atoms with Gasteiger partial charge in [0.15, 0.2) is 0 Å². The lowest BCUT2D eigenvalue weighted by Gasteiger charge is -2.15. The molecule has 1 unspecified atom stereocenters. The van der Waals surface area contributed by atoms with Crippen LogP contribution in [0, 0.1) is 0 Å². The van der Waals surface area contributed by atoms with Gasteiger partial charge < -0.3 is 10.8 Å². The number of rotatable bonds is 3. The molecule has 0 amide bonds. The Morgan fingerprint density at radius 2 is 1.22 bits per heavy atom. The van der Waals surface area contributed by atoms with Crippen molar-refractivity contribution in [3.63, 3.8) is 0 Å². The van der Waals surface area contributed by atoms with Gasteiger partial charge in [-0.2, -0.15) is 16.8 Å². The Kier molecular flexibility index (Phi) is 12.1. The van der Waals surface area contributed by atoms with Crippen molar-refractivity contribution >= 4 is 20.8 Å². The minimum Gasteiger partial charge on any atom is -0.376 e. The van der Waals surface area contributed by atoms with Crippen molar-refractivity contribution in [3.8, 4) is 0 Å². The molecule has 0 saturated carbocycles. The largest absolute Gasteiger partial charge is 0.394 e. The normalized spacial score (nSPS) is 14.4. The summed E-state index contributed by atoms with van der Waals surface area (Å²) in [6.45, 7) is 3.70. The van der Waals surface area contributed by atoms with Crippen molar-refractivity contribution in [1.29, 1.82) is 0 Å². The van der Waals surface area contributed by atoms with Gasteiger partial charge in [0.05, 0.1) is 0 Å². The zero-order valence-electron chi connectivity index (χ0n) is 9.88. The van der Waals surface area contributed by atoms with E-state index in [0.29, 0.717) is 6.42 Å². The fourth-order valence-corrected chi connectivity index (χ4v) is 0.535. The van der Waals surface area contributed by atoms with Crippen molar-refractivity contribution in [2.75, 3.05) is 0 Å². The van der Waals surface area contributed by atoms with Crippen molar-refractivity contribution in [2.24, 2.45) is 5.73 Å². The van der Waals surface area contributed by atoms with E-state index in [4.69, 9.17) is 45.9 Å². The summed E-state index contributed by atoms with van der Waals surface area (Å²) in [5.74, 6) is 0. The van der Waals surface area contributed by atoms with Crippen LogP contribution in [-0.4, -0.2) is 45.9 Å². The molecular weight excluding hydrogens is 294 g/mol. The second-order valence-corrected chi connectivity index (χ2v) is 5.15. The van der Waals surface area contributed by atoms with Crippen molar-refractivity contribution in [1.82, 2.24) is 0 Å². The summed E-state index contributed by atoms with van der Waals surface area (Å²) >= 11 is 0. The van der Waals surface area contributed by atoms with Gasteiger partial charge in [0.2, 0.25) is 0 Å². The molecule has 0 aromatic carbocycles. The quantitative estimate of drug-likeness (QED) is 0.293. The van der Waals surface area contributed by atoms with Crippen LogP contribution in [0.2, 0.25) is 0 Å². The molecule has 0 spiro atoms. The van der Waals surface area contributed by atoms with Crippen LogP contribution < -0.4 is 5.73 Å². The van der Waals surface area contributed by atoms with E-state index in [1.54, 1.807) is 6.92 Å². The maximum Gasteiger partial charge on any atom is 0.394 e. The standard InChI is InChI=1S/C6H15NO.2H2O4S/c1-3-4-5-6(2,7)8;2*1-5(2,3)4/h8H,3-5,7H2,1-2H3;2*(H2,1,2,3,4). The number of aliphatic hydroxyl groups is 1. The lowest BCUT2D eigenvalue weighted by molar-refractivity contribution is 0.0556. The third kappa shape index (κ3) is 155. The highest BCUT2D eigenvalue weighted by Crippen LogP contribution is 2.04. The molecule has 0 aliphatic heterocycles. The third-order valence-electron chi connectivity index (χ3n) is 1.04. The molecule has 10 nitrogen and oxygen atoms in total. The molecule has 0 aliphatic rings. The first-order valence-corrected chi connectivity index (χ1v) is 7.26. The minimum atomic E-state index is -4.67. The van der Waals surface area contributed by atoms with E-state index < -0.39 is 26.5 Å². The minimum absolute atomic E-state index is 0.698. The number of unbranched alkanes of at least 4 members (excludes halogenated alkanes) is 1. The van der Waals surface area contributed by atoms with Crippen LogP contribution in [0.25, 0.3) is 0 Å². The van der Waals surface area contributed by atoms with Crippen LogP contribution in [0.3, 0.4) is 0 Å². The summed E-state index contributed by atoms with van der Waals surface area (Å²) < 4.78 is 63.2. The molecule has 0 saturated heterocycles. The van der Waals surface area contributed by atoms with Crippen molar-refractivity contribution in [2.45, 2.75) is 38.8 Å². The molecule has 7 N–H and O–H groups in total. The summed E-state index contributed by atoms with van der Waals surface area (Å²) in [4.78, 5) is 0. The first-order chi connectivity index (χ1) is 7.56. The highest BCUT2D eigenvalue weighted by Gasteiger charge is 2.10. The molecule has 12 heteroatoms. The van der Waals surface area contributed by atoms with Gasteiger partial charge in [0, 0.05) is 0 Å². The van der Waals surface area contributed by atoms with Crippen LogP contribution in [0.15, 0.2) is 0 Å². The highest BCUT2D eigenvalue weighted by molar-refractivity contribution is 7.80. The SMILES string of the molecule is CCCCC(C)(N)O.O=S(=O)(O)O.O=S(=O)(O)O. The molecule has 0 radical (unpaired) electrons. The average molecular weight is 313 g/mol. The van der Waals surface area contributed by atoms with E-state index in [2.05, 4.69) is 6.92 Å². The average Bonchev–Trinajstić information content (AvgIpc) is 1.92. The maximum atomic E-state index is 8.93. The summed E-state index contributed by atoms with van der Waals surface area (Å²) in [6, 6.07) is 0. The Balaban J connectivity index is -0.000000197. The molecular formula is C6H19NO9S2. The zero-order valence-corrected chi connectivity index (χ0v) is 11.5. The molecule has 114 valence electrons. The Morgan fingerprint density at radius 3 is 1.28 bits per heavy atom. The van der Waals surface area contributed by atoms with Gasteiger partial charge in [-0.3, -0.25) is 18.2 Å². The van der Waals surface area contributed by atoms with Crippen LogP contribution in [0.4, 0.5) is 0 Å². The van der Waals surface area contributed by atoms with Crippen molar-refractivity contribution in [3.05, 3.63) is 0 Å². The second-order valence-electron chi connectivity index (χ2n) is 3.36. The van der Waals surface area contributed by atoms with Gasteiger partial charge in [-0.1, -0.05) is 13.3 Å². The molecule has 18 heavy (non-hydrogen) atoms. The lowest BCUT2D eigenvalue weighted by atomic mass is 10.1. The Hall–Kier alpha value is -0.340. The molecule has 0 heterocycles. The van der Waals surface area contributed by atoms with Crippen LogP contribution in [0.5, 0.6) is 0 Å². The van der Waals surface area contributed by atoms with Gasteiger partial charge in [-0.15, -0.1) is 0 Å².